The minimum Gasteiger partial charge on any atom is -0.349 e. The Morgan fingerprint density at radius 3 is 2.29 bits per heavy atom. The Balaban J connectivity index is 2.23. The Morgan fingerprint density at radius 2 is 1.71 bits per heavy atom. The molecule has 0 saturated carbocycles. The van der Waals surface area contributed by atoms with Gasteiger partial charge in [-0.3, -0.25) is 0 Å². The molecule has 0 aliphatic heterocycles. The van der Waals surface area contributed by atoms with Crippen LogP contribution in [0, 0.1) is 6.92 Å². The molecule has 3 heteroatoms. The maximum Gasteiger partial charge on any atom is 0.129 e. The van der Waals surface area contributed by atoms with E-state index in [2.05, 4.69) is 73.1 Å². The Labute approximate surface area is 128 Å². The fourth-order valence-electron chi connectivity index (χ4n) is 2.36. The molecular formula is C18H25N3. The minimum absolute atomic E-state index is 0.306. The largest absolute Gasteiger partial charge is 0.349 e. The molecule has 0 N–H and O–H groups in total. The van der Waals surface area contributed by atoms with E-state index < -0.39 is 0 Å². The topological polar surface area (TPSA) is 19.4 Å². The van der Waals surface area contributed by atoms with Crippen LogP contribution in [0.25, 0.3) is 0 Å². The predicted octanol–water partition coefficient (Wildman–Crippen LogP) is 3.52. The lowest BCUT2D eigenvalue weighted by Gasteiger charge is -2.31. The van der Waals surface area contributed by atoms with Crippen molar-refractivity contribution < 1.29 is 0 Å². The number of nitrogens with zero attached hydrogens (tertiary/aromatic N) is 3. The van der Waals surface area contributed by atoms with Crippen LogP contribution in [0.1, 0.15) is 24.1 Å². The highest BCUT2D eigenvalue weighted by Gasteiger charge is 2.17. The maximum atomic E-state index is 4.53. The number of likely N-dealkylation sites (N-methyl/N-ethyl adjacent to an activating group) is 1. The zero-order valence-electron chi connectivity index (χ0n) is 13.5. The molecule has 0 saturated heterocycles. The second kappa shape index (κ2) is 7.23. The van der Waals surface area contributed by atoms with Crippen LogP contribution in [-0.2, 0) is 0 Å². The van der Waals surface area contributed by atoms with Crippen LogP contribution in [0.5, 0.6) is 0 Å². The predicted molar refractivity (Wildman–Crippen MR) is 89.7 cm³/mol. The summed E-state index contributed by atoms with van der Waals surface area (Å²) in [6.45, 7) is 6.33. The summed E-state index contributed by atoms with van der Waals surface area (Å²) in [7, 11) is 4.21. The molecule has 21 heavy (non-hydrogen) atoms. The van der Waals surface area contributed by atoms with Crippen molar-refractivity contribution in [1.82, 2.24) is 9.88 Å². The number of hydrogen-bond donors (Lipinski definition) is 0. The van der Waals surface area contributed by atoms with Crippen molar-refractivity contribution in [3.63, 3.8) is 0 Å². The summed E-state index contributed by atoms with van der Waals surface area (Å²) < 4.78 is 0. The van der Waals surface area contributed by atoms with Gasteiger partial charge in [-0.1, -0.05) is 35.9 Å². The first kappa shape index (κ1) is 15.5. The molecule has 1 atom stereocenters. The number of rotatable bonds is 6. The van der Waals surface area contributed by atoms with Crippen LogP contribution < -0.4 is 4.90 Å². The maximum absolute atomic E-state index is 4.53. The smallest absolute Gasteiger partial charge is 0.129 e. The second-order valence-electron chi connectivity index (χ2n) is 5.77. The first-order valence-corrected chi connectivity index (χ1v) is 7.47. The summed E-state index contributed by atoms with van der Waals surface area (Å²) in [6, 6.07) is 15.2. The van der Waals surface area contributed by atoms with E-state index in [1.54, 1.807) is 0 Å². The second-order valence-corrected chi connectivity index (χ2v) is 5.77. The molecule has 3 nitrogen and oxygen atoms in total. The van der Waals surface area contributed by atoms with Crippen LogP contribution in [0.2, 0.25) is 0 Å². The van der Waals surface area contributed by atoms with Crippen molar-refractivity contribution in [2.75, 3.05) is 32.1 Å². The van der Waals surface area contributed by atoms with Gasteiger partial charge in [0.15, 0.2) is 0 Å². The van der Waals surface area contributed by atoms with Gasteiger partial charge in [-0.2, -0.15) is 0 Å². The molecule has 0 aliphatic carbocycles. The summed E-state index contributed by atoms with van der Waals surface area (Å²) in [6.07, 6.45) is 1.86. The number of aromatic nitrogens is 1. The van der Waals surface area contributed by atoms with Gasteiger partial charge in [0.1, 0.15) is 5.82 Å². The molecule has 1 heterocycles. The van der Waals surface area contributed by atoms with Gasteiger partial charge >= 0.3 is 0 Å². The normalized spacial score (nSPS) is 12.4. The van der Waals surface area contributed by atoms with E-state index in [1.807, 2.05) is 18.3 Å². The standard InChI is InChI=1S/C18H25N3/c1-15-8-10-17(11-9-15)16(2)21(14-13-20(3)4)18-7-5-6-12-19-18/h5-12,16H,13-14H2,1-4H3. The SMILES string of the molecule is Cc1ccc(C(C)N(CCN(C)C)c2ccccn2)cc1. The van der Waals surface area contributed by atoms with Crippen molar-refractivity contribution in [1.29, 1.82) is 0 Å². The molecule has 112 valence electrons. The van der Waals surface area contributed by atoms with E-state index in [4.69, 9.17) is 0 Å². The minimum atomic E-state index is 0.306. The van der Waals surface area contributed by atoms with Crippen molar-refractivity contribution in [2.45, 2.75) is 19.9 Å². The zero-order chi connectivity index (χ0) is 15.2. The third-order valence-corrected chi connectivity index (χ3v) is 3.76. The van der Waals surface area contributed by atoms with Gasteiger partial charge in [-0.05, 0) is 45.6 Å². The molecular weight excluding hydrogens is 258 g/mol. The van der Waals surface area contributed by atoms with Gasteiger partial charge in [0.25, 0.3) is 0 Å². The highest BCUT2D eigenvalue weighted by Crippen LogP contribution is 2.25. The fourth-order valence-corrected chi connectivity index (χ4v) is 2.36. The van der Waals surface area contributed by atoms with E-state index in [0.717, 1.165) is 18.9 Å². The Morgan fingerprint density at radius 1 is 1.00 bits per heavy atom. The molecule has 2 aromatic rings. The summed E-state index contributed by atoms with van der Waals surface area (Å²) in [5, 5.41) is 0. The average Bonchev–Trinajstić information content (AvgIpc) is 2.49. The number of benzene rings is 1. The lowest BCUT2D eigenvalue weighted by molar-refractivity contribution is 0.406. The Kier molecular flexibility index (Phi) is 5.34. The average molecular weight is 283 g/mol. The van der Waals surface area contributed by atoms with Gasteiger partial charge in [-0.15, -0.1) is 0 Å². The van der Waals surface area contributed by atoms with E-state index in [0.29, 0.717) is 6.04 Å². The lowest BCUT2D eigenvalue weighted by Crippen LogP contribution is -2.34. The van der Waals surface area contributed by atoms with Crippen LogP contribution in [0.15, 0.2) is 48.7 Å². The lowest BCUT2D eigenvalue weighted by atomic mass is 10.0. The molecule has 0 amide bonds. The molecule has 0 radical (unpaired) electrons. The molecule has 0 aliphatic rings. The summed E-state index contributed by atoms with van der Waals surface area (Å²) in [4.78, 5) is 9.10. The monoisotopic (exact) mass is 283 g/mol. The number of hydrogen-bond acceptors (Lipinski definition) is 3. The Hall–Kier alpha value is -1.87. The van der Waals surface area contributed by atoms with Gasteiger partial charge in [0.2, 0.25) is 0 Å². The van der Waals surface area contributed by atoms with E-state index in [1.165, 1.54) is 11.1 Å². The number of anilines is 1. The van der Waals surface area contributed by atoms with Crippen molar-refractivity contribution in [3.8, 4) is 0 Å². The molecule has 1 aromatic heterocycles. The summed E-state index contributed by atoms with van der Waals surface area (Å²) in [5.74, 6) is 1.03. The van der Waals surface area contributed by atoms with Crippen LogP contribution in [-0.4, -0.2) is 37.1 Å². The molecule has 0 spiro atoms. The molecule has 2 rings (SSSR count). The zero-order valence-corrected chi connectivity index (χ0v) is 13.5. The van der Waals surface area contributed by atoms with Gasteiger partial charge in [0.05, 0.1) is 6.04 Å². The first-order valence-electron chi connectivity index (χ1n) is 7.47. The molecule has 0 fully saturated rings. The van der Waals surface area contributed by atoms with Crippen LogP contribution in [0.4, 0.5) is 5.82 Å². The van der Waals surface area contributed by atoms with Crippen LogP contribution >= 0.6 is 0 Å². The molecule has 1 aromatic carbocycles. The number of aryl methyl sites for hydroxylation is 1. The molecule has 1 unspecified atom stereocenters. The highest BCUT2D eigenvalue weighted by molar-refractivity contribution is 5.42. The molecule has 0 bridgehead atoms. The van der Waals surface area contributed by atoms with Crippen LogP contribution in [0.3, 0.4) is 0 Å². The first-order chi connectivity index (χ1) is 10.1. The Bertz CT molecular complexity index is 534. The summed E-state index contributed by atoms with van der Waals surface area (Å²) >= 11 is 0. The van der Waals surface area contributed by atoms with E-state index in [9.17, 15) is 0 Å². The van der Waals surface area contributed by atoms with Gasteiger partial charge in [0, 0.05) is 19.3 Å². The number of pyridine rings is 1. The third-order valence-electron chi connectivity index (χ3n) is 3.76. The van der Waals surface area contributed by atoms with Crippen molar-refractivity contribution in [2.24, 2.45) is 0 Å². The van der Waals surface area contributed by atoms with Gasteiger partial charge < -0.3 is 9.80 Å². The fraction of sp³-hybridized carbons (Fsp3) is 0.389. The highest BCUT2D eigenvalue weighted by atomic mass is 15.2. The van der Waals surface area contributed by atoms with Gasteiger partial charge in [-0.25, -0.2) is 4.98 Å². The van der Waals surface area contributed by atoms with E-state index in [-0.39, 0.29) is 0 Å². The van der Waals surface area contributed by atoms with Crippen molar-refractivity contribution in [3.05, 3.63) is 59.8 Å². The van der Waals surface area contributed by atoms with Crippen molar-refractivity contribution >= 4 is 5.82 Å². The quantitative estimate of drug-likeness (QED) is 0.808. The third kappa shape index (κ3) is 4.30. The summed E-state index contributed by atoms with van der Waals surface area (Å²) in [5.41, 5.74) is 2.62. The van der Waals surface area contributed by atoms with E-state index >= 15 is 0 Å².